The van der Waals surface area contributed by atoms with Gasteiger partial charge in [-0.05, 0) is 13.8 Å². The molecule has 1 rings (SSSR count). The van der Waals surface area contributed by atoms with E-state index in [0.29, 0.717) is 0 Å². The Morgan fingerprint density at radius 2 is 1.41 bits per heavy atom. The summed E-state index contributed by atoms with van der Waals surface area (Å²) >= 11 is 0. The molecule has 6 heteroatoms. The molecule has 0 heterocycles. The molecule has 0 aliphatic heterocycles. The van der Waals surface area contributed by atoms with Crippen molar-refractivity contribution in [2.45, 2.75) is 32.6 Å². The monoisotopic (exact) mass is 250 g/mol. The molecule has 0 aromatic heterocycles. The van der Waals surface area contributed by atoms with Gasteiger partial charge in [-0.15, -0.1) is 0 Å². The number of carbonyl (C=O) groups excluding carboxylic acids is 2. The Morgan fingerprint density at radius 3 is 1.71 bits per heavy atom. The van der Waals surface area contributed by atoms with Gasteiger partial charge in [0.1, 0.15) is 0 Å². The minimum absolute atomic E-state index is 0.108. The highest BCUT2D eigenvalue weighted by Gasteiger charge is 2.53. The van der Waals surface area contributed by atoms with Crippen molar-refractivity contribution < 1.29 is 27.8 Å². The van der Waals surface area contributed by atoms with Gasteiger partial charge in [0.15, 0.2) is 0 Å². The summed E-state index contributed by atoms with van der Waals surface area (Å²) in [6.07, 6.45) is -1.29. The highest BCUT2D eigenvalue weighted by molar-refractivity contribution is 5.83. The molecule has 1 aliphatic carbocycles. The average Bonchev–Trinajstić information content (AvgIpc) is 2.55. The lowest BCUT2D eigenvalue weighted by atomic mass is 9.96. The number of halogens is 2. The van der Waals surface area contributed by atoms with Crippen LogP contribution in [0.15, 0.2) is 0 Å². The van der Waals surface area contributed by atoms with Crippen LogP contribution in [0.1, 0.15) is 26.7 Å². The first-order valence-electron chi connectivity index (χ1n) is 5.62. The summed E-state index contributed by atoms with van der Waals surface area (Å²) in [5, 5.41) is 0. The predicted molar refractivity (Wildman–Crippen MR) is 54.4 cm³/mol. The van der Waals surface area contributed by atoms with Gasteiger partial charge in [0.05, 0.1) is 25.0 Å². The van der Waals surface area contributed by atoms with E-state index in [0.717, 1.165) is 0 Å². The van der Waals surface area contributed by atoms with E-state index in [4.69, 9.17) is 9.47 Å². The van der Waals surface area contributed by atoms with Crippen LogP contribution in [-0.2, 0) is 19.1 Å². The number of hydrogen-bond donors (Lipinski definition) is 0. The molecule has 0 bridgehead atoms. The molecule has 0 spiro atoms. The molecule has 17 heavy (non-hydrogen) atoms. The molecule has 1 saturated carbocycles. The normalized spacial score (nSPS) is 26.6. The molecule has 2 atom stereocenters. The third-order valence-electron chi connectivity index (χ3n) is 2.70. The maximum Gasteiger partial charge on any atom is 0.310 e. The second kappa shape index (κ2) is 5.42. The molecule has 1 aliphatic rings. The maximum absolute atomic E-state index is 13.2. The van der Waals surface area contributed by atoms with Gasteiger partial charge in [0.2, 0.25) is 5.92 Å². The van der Waals surface area contributed by atoms with Gasteiger partial charge in [-0.1, -0.05) is 0 Å². The second-order valence-corrected chi connectivity index (χ2v) is 3.98. The Bertz CT molecular complexity index is 276. The highest BCUT2D eigenvalue weighted by atomic mass is 19.3. The molecule has 2 unspecified atom stereocenters. The number of hydrogen-bond acceptors (Lipinski definition) is 4. The standard InChI is InChI=1S/C11H16F2O4/c1-3-16-9(14)7-5-11(12,13)6-8(7)10(15)17-4-2/h7-8H,3-6H2,1-2H3. The van der Waals surface area contributed by atoms with Crippen LogP contribution in [0.2, 0.25) is 0 Å². The fraction of sp³-hybridized carbons (Fsp3) is 0.818. The quantitative estimate of drug-likeness (QED) is 0.713. The minimum Gasteiger partial charge on any atom is -0.466 e. The Morgan fingerprint density at radius 1 is 1.06 bits per heavy atom. The summed E-state index contributed by atoms with van der Waals surface area (Å²) in [7, 11) is 0. The summed E-state index contributed by atoms with van der Waals surface area (Å²) < 4.78 is 35.9. The van der Waals surface area contributed by atoms with E-state index >= 15 is 0 Å². The predicted octanol–water partition coefficient (Wildman–Crippen LogP) is 1.77. The fourth-order valence-corrected chi connectivity index (χ4v) is 2.01. The van der Waals surface area contributed by atoms with Crippen molar-refractivity contribution in [3.8, 4) is 0 Å². The minimum atomic E-state index is -3.01. The molecule has 98 valence electrons. The van der Waals surface area contributed by atoms with Crippen molar-refractivity contribution in [1.82, 2.24) is 0 Å². The van der Waals surface area contributed by atoms with Crippen molar-refractivity contribution in [1.29, 1.82) is 0 Å². The molecule has 4 nitrogen and oxygen atoms in total. The first kappa shape index (κ1) is 13.9. The van der Waals surface area contributed by atoms with E-state index in [9.17, 15) is 18.4 Å². The van der Waals surface area contributed by atoms with Crippen molar-refractivity contribution in [2.24, 2.45) is 11.8 Å². The summed E-state index contributed by atoms with van der Waals surface area (Å²) in [5.74, 6) is -6.69. The molecular weight excluding hydrogens is 234 g/mol. The average molecular weight is 250 g/mol. The SMILES string of the molecule is CCOC(=O)C1CC(F)(F)CC1C(=O)OCC. The molecule has 0 aromatic rings. The summed E-state index contributed by atoms with van der Waals surface area (Å²) in [6.45, 7) is 3.39. The number of carbonyl (C=O) groups is 2. The molecule has 0 amide bonds. The van der Waals surface area contributed by atoms with E-state index in [2.05, 4.69) is 0 Å². The largest absolute Gasteiger partial charge is 0.466 e. The van der Waals surface area contributed by atoms with Crippen LogP contribution >= 0.6 is 0 Å². The van der Waals surface area contributed by atoms with E-state index in [1.807, 2.05) is 0 Å². The van der Waals surface area contributed by atoms with Gasteiger partial charge in [-0.3, -0.25) is 9.59 Å². The van der Waals surface area contributed by atoms with Crippen LogP contribution in [0.5, 0.6) is 0 Å². The zero-order valence-corrected chi connectivity index (χ0v) is 9.87. The number of rotatable bonds is 4. The first-order valence-corrected chi connectivity index (χ1v) is 5.62. The van der Waals surface area contributed by atoms with Crippen molar-refractivity contribution in [3.63, 3.8) is 0 Å². The highest BCUT2D eigenvalue weighted by Crippen LogP contribution is 2.44. The van der Waals surface area contributed by atoms with Crippen LogP contribution in [-0.4, -0.2) is 31.1 Å². The molecule has 0 saturated heterocycles. The van der Waals surface area contributed by atoms with E-state index in [1.165, 1.54) is 0 Å². The Hall–Kier alpha value is -1.20. The number of esters is 2. The van der Waals surface area contributed by atoms with Crippen LogP contribution in [0.4, 0.5) is 8.78 Å². The van der Waals surface area contributed by atoms with Crippen molar-refractivity contribution in [2.75, 3.05) is 13.2 Å². The van der Waals surface area contributed by atoms with Crippen LogP contribution in [0.25, 0.3) is 0 Å². The second-order valence-electron chi connectivity index (χ2n) is 3.98. The Kier molecular flexibility index (Phi) is 4.42. The Labute approximate surface area is 98.3 Å². The maximum atomic E-state index is 13.2. The van der Waals surface area contributed by atoms with Crippen molar-refractivity contribution in [3.05, 3.63) is 0 Å². The van der Waals surface area contributed by atoms with Gasteiger partial charge in [-0.2, -0.15) is 0 Å². The van der Waals surface area contributed by atoms with Crippen LogP contribution in [0.3, 0.4) is 0 Å². The topological polar surface area (TPSA) is 52.6 Å². The first-order chi connectivity index (χ1) is 7.91. The number of ether oxygens (including phenoxy) is 2. The zero-order valence-electron chi connectivity index (χ0n) is 9.87. The van der Waals surface area contributed by atoms with Gasteiger partial charge in [0, 0.05) is 12.8 Å². The summed E-state index contributed by atoms with van der Waals surface area (Å²) in [4.78, 5) is 23.0. The lowest BCUT2D eigenvalue weighted by Gasteiger charge is -2.15. The molecule has 0 N–H and O–H groups in total. The van der Waals surface area contributed by atoms with Gasteiger partial charge in [-0.25, -0.2) is 8.78 Å². The number of alkyl halides is 2. The van der Waals surface area contributed by atoms with Crippen LogP contribution < -0.4 is 0 Å². The van der Waals surface area contributed by atoms with Gasteiger partial charge < -0.3 is 9.47 Å². The van der Waals surface area contributed by atoms with Gasteiger partial charge in [0.25, 0.3) is 0 Å². The van der Waals surface area contributed by atoms with Gasteiger partial charge >= 0.3 is 11.9 Å². The van der Waals surface area contributed by atoms with E-state index in [-0.39, 0.29) is 13.2 Å². The van der Waals surface area contributed by atoms with Crippen LogP contribution in [0, 0.1) is 11.8 Å². The third kappa shape index (κ3) is 3.38. The van der Waals surface area contributed by atoms with E-state index < -0.39 is 42.5 Å². The summed E-state index contributed by atoms with van der Waals surface area (Å²) in [5.41, 5.74) is 0. The molecule has 0 aromatic carbocycles. The zero-order chi connectivity index (χ0) is 13.1. The molecule has 1 fully saturated rings. The third-order valence-corrected chi connectivity index (χ3v) is 2.70. The summed E-state index contributed by atoms with van der Waals surface area (Å²) in [6, 6.07) is 0. The fourth-order valence-electron chi connectivity index (χ4n) is 2.01. The lowest BCUT2D eigenvalue weighted by Crippen LogP contribution is -2.28. The smallest absolute Gasteiger partial charge is 0.310 e. The van der Waals surface area contributed by atoms with E-state index in [1.54, 1.807) is 13.8 Å². The molecular formula is C11H16F2O4. The molecule has 0 radical (unpaired) electrons. The van der Waals surface area contributed by atoms with Crippen molar-refractivity contribution >= 4 is 11.9 Å². The Balaban J connectivity index is 2.77. The lowest BCUT2D eigenvalue weighted by molar-refractivity contribution is -0.158.